The zero-order chi connectivity index (χ0) is 23.5. The van der Waals surface area contributed by atoms with Crippen LogP contribution in [-0.2, 0) is 0 Å². The van der Waals surface area contributed by atoms with E-state index < -0.39 is 11.9 Å². The van der Waals surface area contributed by atoms with Crippen molar-refractivity contribution >= 4 is 17.6 Å². The molecule has 3 amide bonds. The van der Waals surface area contributed by atoms with Crippen LogP contribution in [0.4, 0.5) is 10.5 Å². The van der Waals surface area contributed by atoms with Crippen LogP contribution >= 0.6 is 0 Å². The van der Waals surface area contributed by atoms with E-state index in [1.165, 1.54) is 26.4 Å². The van der Waals surface area contributed by atoms with E-state index in [1.807, 2.05) is 20.8 Å². The first kappa shape index (κ1) is 24.4. The van der Waals surface area contributed by atoms with E-state index in [4.69, 9.17) is 23.7 Å². The molecule has 2 aromatic rings. The van der Waals surface area contributed by atoms with Crippen molar-refractivity contribution in [1.82, 2.24) is 10.9 Å². The molecular weight excluding hydrogens is 418 g/mol. The molecular formula is C22H29N3O7. The lowest BCUT2D eigenvalue weighted by molar-refractivity contribution is 0.0936. The van der Waals surface area contributed by atoms with Crippen LogP contribution in [0.15, 0.2) is 30.3 Å². The van der Waals surface area contributed by atoms with Crippen LogP contribution in [0.25, 0.3) is 0 Å². The summed E-state index contributed by atoms with van der Waals surface area (Å²) in [7, 11) is 3.00. The minimum absolute atomic E-state index is 0.225. The number of rotatable bonds is 10. The number of urea groups is 1. The molecule has 0 saturated carbocycles. The molecule has 32 heavy (non-hydrogen) atoms. The van der Waals surface area contributed by atoms with Crippen molar-refractivity contribution in [3.8, 4) is 28.7 Å². The third-order valence-electron chi connectivity index (χ3n) is 4.12. The predicted octanol–water partition coefficient (Wildman–Crippen LogP) is 3.37. The Labute approximate surface area is 187 Å². The monoisotopic (exact) mass is 447 g/mol. The Morgan fingerprint density at radius 2 is 1.41 bits per heavy atom. The maximum atomic E-state index is 12.6. The van der Waals surface area contributed by atoms with Gasteiger partial charge in [0.05, 0.1) is 39.7 Å². The van der Waals surface area contributed by atoms with Gasteiger partial charge >= 0.3 is 6.03 Å². The van der Waals surface area contributed by atoms with Crippen molar-refractivity contribution in [3.63, 3.8) is 0 Å². The molecule has 2 aromatic carbocycles. The number of methoxy groups -OCH3 is 2. The van der Waals surface area contributed by atoms with Gasteiger partial charge in [-0.05, 0) is 45.0 Å². The first-order chi connectivity index (χ1) is 15.5. The van der Waals surface area contributed by atoms with Gasteiger partial charge in [-0.15, -0.1) is 0 Å². The normalized spacial score (nSPS) is 10.0. The Bertz CT molecular complexity index is 907. The molecule has 10 nitrogen and oxygen atoms in total. The largest absolute Gasteiger partial charge is 0.497 e. The fourth-order valence-corrected chi connectivity index (χ4v) is 2.76. The minimum atomic E-state index is -0.664. The third kappa shape index (κ3) is 6.34. The lowest BCUT2D eigenvalue weighted by atomic mass is 10.1. The zero-order valence-electron chi connectivity index (χ0n) is 18.9. The predicted molar refractivity (Wildman–Crippen MR) is 119 cm³/mol. The molecule has 0 unspecified atom stereocenters. The van der Waals surface area contributed by atoms with Gasteiger partial charge < -0.3 is 29.0 Å². The SMILES string of the molecule is CCOc1cc(C(=O)NNC(=O)Nc2ccc(OC)cc2OC)cc(OCC)c1OCC. The summed E-state index contributed by atoms with van der Waals surface area (Å²) >= 11 is 0. The first-order valence-corrected chi connectivity index (χ1v) is 10.1. The van der Waals surface area contributed by atoms with Crippen molar-refractivity contribution in [2.45, 2.75) is 20.8 Å². The highest BCUT2D eigenvalue weighted by Crippen LogP contribution is 2.39. The number of carbonyl (C=O) groups is 2. The molecule has 0 aromatic heterocycles. The quantitative estimate of drug-likeness (QED) is 0.478. The van der Waals surface area contributed by atoms with E-state index in [1.54, 1.807) is 18.2 Å². The average molecular weight is 447 g/mol. The molecule has 3 N–H and O–H groups in total. The number of nitrogens with one attached hydrogen (secondary N) is 3. The second kappa shape index (κ2) is 12.1. The van der Waals surface area contributed by atoms with Crippen molar-refractivity contribution < 1.29 is 33.3 Å². The number of ether oxygens (including phenoxy) is 5. The standard InChI is InChI=1S/C22H29N3O7/c1-6-30-18-11-14(12-19(31-7-2)20(18)32-8-3)21(26)24-25-22(27)23-16-10-9-15(28-4)13-17(16)29-5/h9-13H,6-8H2,1-5H3,(H,24,26)(H2,23,25,27). The molecule has 0 heterocycles. The minimum Gasteiger partial charge on any atom is -0.497 e. The lowest BCUT2D eigenvalue weighted by Gasteiger charge is -2.17. The van der Waals surface area contributed by atoms with Crippen LogP contribution < -0.4 is 39.9 Å². The van der Waals surface area contributed by atoms with Gasteiger partial charge in [0.1, 0.15) is 11.5 Å². The number of benzene rings is 2. The number of amides is 3. The summed E-state index contributed by atoms with van der Waals surface area (Å²) in [5.74, 6) is 1.58. The third-order valence-corrected chi connectivity index (χ3v) is 4.12. The Kier molecular flexibility index (Phi) is 9.27. The molecule has 0 radical (unpaired) electrons. The summed E-state index contributed by atoms with van der Waals surface area (Å²) in [6, 6.07) is 7.30. The van der Waals surface area contributed by atoms with E-state index >= 15 is 0 Å². The van der Waals surface area contributed by atoms with Crippen LogP contribution in [0.1, 0.15) is 31.1 Å². The van der Waals surface area contributed by atoms with Crippen molar-refractivity contribution in [2.75, 3.05) is 39.4 Å². The summed E-state index contributed by atoms with van der Waals surface area (Å²) < 4.78 is 27.2. The highest BCUT2D eigenvalue weighted by atomic mass is 16.5. The smallest absolute Gasteiger partial charge is 0.338 e. The lowest BCUT2D eigenvalue weighted by Crippen LogP contribution is -2.44. The van der Waals surface area contributed by atoms with Crippen LogP contribution in [0.2, 0.25) is 0 Å². The Balaban J connectivity index is 2.12. The Morgan fingerprint density at radius 3 is 1.94 bits per heavy atom. The van der Waals surface area contributed by atoms with E-state index in [9.17, 15) is 9.59 Å². The molecule has 174 valence electrons. The maximum absolute atomic E-state index is 12.6. The van der Waals surface area contributed by atoms with Gasteiger partial charge in [-0.3, -0.25) is 10.2 Å². The van der Waals surface area contributed by atoms with E-state index in [-0.39, 0.29) is 5.56 Å². The molecule has 0 atom stereocenters. The van der Waals surface area contributed by atoms with Crippen molar-refractivity contribution in [3.05, 3.63) is 35.9 Å². The van der Waals surface area contributed by atoms with Gasteiger partial charge in [0, 0.05) is 11.6 Å². The van der Waals surface area contributed by atoms with Gasteiger partial charge in [0.2, 0.25) is 5.75 Å². The second-order valence-electron chi connectivity index (χ2n) is 6.20. The van der Waals surface area contributed by atoms with Gasteiger partial charge in [-0.2, -0.15) is 0 Å². The fraction of sp³-hybridized carbons (Fsp3) is 0.364. The second-order valence-corrected chi connectivity index (χ2v) is 6.20. The highest BCUT2D eigenvalue weighted by Gasteiger charge is 2.19. The van der Waals surface area contributed by atoms with E-state index in [0.29, 0.717) is 54.3 Å². The molecule has 0 fully saturated rings. The topological polar surface area (TPSA) is 116 Å². The van der Waals surface area contributed by atoms with E-state index in [0.717, 1.165) is 0 Å². The number of carbonyl (C=O) groups excluding carboxylic acids is 2. The summed E-state index contributed by atoms with van der Waals surface area (Å²) in [6.07, 6.45) is 0. The van der Waals surface area contributed by atoms with Gasteiger partial charge in [0.25, 0.3) is 5.91 Å². The van der Waals surface area contributed by atoms with Gasteiger partial charge in [-0.25, -0.2) is 10.2 Å². The number of anilines is 1. The molecule has 0 aliphatic rings. The van der Waals surface area contributed by atoms with Gasteiger partial charge in [-0.1, -0.05) is 0 Å². The van der Waals surface area contributed by atoms with Crippen LogP contribution in [0, 0.1) is 0 Å². The molecule has 10 heteroatoms. The molecule has 0 spiro atoms. The van der Waals surface area contributed by atoms with Gasteiger partial charge in [0.15, 0.2) is 11.5 Å². The number of hydrogen-bond acceptors (Lipinski definition) is 7. The average Bonchev–Trinajstić information content (AvgIpc) is 2.79. The summed E-state index contributed by atoms with van der Waals surface area (Å²) in [5.41, 5.74) is 5.28. The Morgan fingerprint density at radius 1 is 0.781 bits per heavy atom. The first-order valence-electron chi connectivity index (χ1n) is 10.1. The molecule has 2 rings (SSSR count). The molecule has 0 bridgehead atoms. The number of hydrogen-bond donors (Lipinski definition) is 3. The summed E-state index contributed by atoms with van der Waals surface area (Å²) in [5, 5.41) is 2.59. The van der Waals surface area contributed by atoms with Crippen LogP contribution in [-0.4, -0.2) is 46.0 Å². The van der Waals surface area contributed by atoms with Crippen LogP contribution in [0.5, 0.6) is 28.7 Å². The molecule has 0 saturated heterocycles. The maximum Gasteiger partial charge on any atom is 0.338 e. The summed E-state index contributed by atoms with van der Waals surface area (Å²) in [4.78, 5) is 24.9. The Hall–Kier alpha value is -3.82. The summed E-state index contributed by atoms with van der Waals surface area (Å²) in [6.45, 7) is 6.64. The fourth-order valence-electron chi connectivity index (χ4n) is 2.76. The molecule has 0 aliphatic carbocycles. The van der Waals surface area contributed by atoms with Crippen molar-refractivity contribution in [1.29, 1.82) is 0 Å². The number of hydrazine groups is 1. The van der Waals surface area contributed by atoms with E-state index in [2.05, 4.69) is 16.2 Å². The van der Waals surface area contributed by atoms with Crippen molar-refractivity contribution in [2.24, 2.45) is 0 Å². The van der Waals surface area contributed by atoms with Crippen LogP contribution in [0.3, 0.4) is 0 Å². The molecule has 0 aliphatic heterocycles. The highest BCUT2D eigenvalue weighted by molar-refractivity contribution is 5.98. The zero-order valence-corrected chi connectivity index (χ0v) is 18.9.